The molecule has 0 spiro atoms. The number of hydrogen-bond donors (Lipinski definition) is 2. The van der Waals surface area contributed by atoms with Crippen molar-refractivity contribution in [2.24, 2.45) is 0 Å². The number of nitrogens with one attached hydrogen (secondary N) is 1. The minimum absolute atomic E-state index is 0.242. The minimum atomic E-state index is -1.12. The number of oxazole rings is 1. The lowest BCUT2D eigenvalue weighted by Crippen LogP contribution is -2.13. The summed E-state index contributed by atoms with van der Waals surface area (Å²) in [4.78, 5) is 28.0. The van der Waals surface area contributed by atoms with Crippen molar-refractivity contribution >= 4 is 28.7 Å². The van der Waals surface area contributed by atoms with E-state index in [-0.39, 0.29) is 11.7 Å². The highest BCUT2D eigenvalue weighted by molar-refractivity contribution is 6.04. The van der Waals surface area contributed by atoms with E-state index < -0.39 is 12.6 Å². The molecule has 0 saturated carbocycles. The second-order valence-electron chi connectivity index (χ2n) is 6.70. The van der Waals surface area contributed by atoms with E-state index >= 15 is 0 Å². The summed E-state index contributed by atoms with van der Waals surface area (Å²) >= 11 is 0. The number of aliphatic carboxylic acids is 1. The average Bonchev–Trinajstić information content (AvgIpc) is 3.16. The zero-order valence-corrected chi connectivity index (χ0v) is 16.1. The van der Waals surface area contributed by atoms with Crippen molar-refractivity contribution in [3.8, 4) is 17.2 Å². The molecule has 0 aliphatic rings. The first-order valence-corrected chi connectivity index (χ1v) is 9.22. The molecule has 0 saturated heterocycles. The molecule has 1 amide bonds. The molecule has 0 unspecified atom stereocenters. The number of ether oxygens (including phenoxy) is 1. The van der Waals surface area contributed by atoms with Crippen molar-refractivity contribution in [1.82, 2.24) is 4.98 Å². The van der Waals surface area contributed by atoms with Gasteiger partial charge in [0.15, 0.2) is 12.2 Å². The number of carboxylic acids is 1. The van der Waals surface area contributed by atoms with Crippen molar-refractivity contribution in [2.75, 3.05) is 11.9 Å². The van der Waals surface area contributed by atoms with Crippen LogP contribution in [0.4, 0.5) is 5.69 Å². The summed E-state index contributed by atoms with van der Waals surface area (Å²) in [6, 6.07) is 19.4. The van der Waals surface area contributed by atoms with Crippen LogP contribution in [0.2, 0.25) is 0 Å². The molecule has 7 nitrogen and oxygen atoms in total. The zero-order chi connectivity index (χ0) is 21.1. The van der Waals surface area contributed by atoms with Gasteiger partial charge in [0, 0.05) is 17.3 Å². The lowest BCUT2D eigenvalue weighted by atomic mass is 10.1. The maximum atomic E-state index is 12.5. The molecule has 7 heteroatoms. The number of para-hydroxylation sites is 2. The van der Waals surface area contributed by atoms with Crippen molar-refractivity contribution in [3.05, 3.63) is 77.9 Å². The van der Waals surface area contributed by atoms with Crippen LogP contribution in [-0.2, 0) is 4.79 Å². The van der Waals surface area contributed by atoms with Gasteiger partial charge in [-0.2, -0.15) is 0 Å². The summed E-state index contributed by atoms with van der Waals surface area (Å²) in [7, 11) is 0. The van der Waals surface area contributed by atoms with Gasteiger partial charge in [-0.15, -0.1) is 0 Å². The van der Waals surface area contributed by atoms with E-state index in [2.05, 4.69) is 10.3 Å². The fraction of sp³-hybridized carbons (Fsp3) is 0.0870. The average molecular weight is 402 g/mol. The Hall–Kier alpha value is -4.13. The van der Waals surface area contributed by atoms with Gasteiger partial charge in [-0.3, -0.25) is 4.79 Å². The molecule has 4 aromatic rings. The van der Waals surface area contributed by atoms with Crippen LogP contribution in [-0.4, -0.2) is 28.6 Å². The Morgan fingerprint density at radius 2 is 1.90 bits per heavy atom. The summed E-state index contributed by atoms with van der Waals surface area (Å²) in [6.45, 7) is 1.37. The van der Waals surface area contributed by atoms with Crippen LogP contribution in [0.25, 0.3) is 22.6 Å². The van der Waals surface area contributed by atoms with Crippen LogP contribution < -0.4 is 10.1 Å². The number of amides is 1. The van der Waals surface area contributed by atoms with Crippen LogP contribution >= 0.6 is 0 Å². The topological polar surface area (TPSA) is 102 Å². The van der Waals surface area contributed by atoms with Gasteiger partial charge in [0.05, 0.1) is 5.56 Å². The summed E-state index contributed by atoms with van der Waals surface area (Å²) < 4.78 is 11.2. The third-order valence-electron chi connectivity index (χ3n) is 4.40. The van der Waals surface area contributed by atoms with Crippen molar-refractivity contribution in [3.63, 3.8) is 0 Å². The predicted octanol–water partition coefficient (Wildman–Crippen LogP) is 4.52. The third kappa shape index (κ3) is 4.15. The molecule has 2 N–H and O–H groups in total. The van der Waals surface area contributed by atoms with E-state index in [1.54, 1.807) is 36.4 Å². The SMILES string of the molecule is Cc1cccc(C(=O)Nc2ccc(-c3nc4ccccc4o3)c(OCC(=O)O)c2)c1. The molecule has 1 aromatic heterocycles. The molecule has 150 valence electrons. The van der Waals surface area contributed by atoms with E-state index in [0.717, 1.165) is 5.56 Å². The van der Waals surface area contributed by atoms with Crippen molar-refractivity contribution in [1.29, 1.82) is 0 Å². The molecule has 0 atom stereocenters. The molecule has 30 heavy (non-hydrogen) atoms. The number of carbonyl (C=O) groups excluding carboxylic acids is 1. The van der Waals surface area contributed by atoms with Gasteiger partial charge in [0.2, 0.25) is 5.89 Å². The first-order chi connectivity index (χ1) is 14.5. The first-order valence-electron chi connectivity index (χ1n) is 9.22. The number of aromatic nitrogens is 1. The molecule has 3 aromatic carbocycles. The zero-order valence-electron chi connectivity index (χ0n) is 16.1. The Bertz CT molecular complexity index is 1210. The molecule has 0 aliphatic carbocycles. The van der Waals surface area contributed by atoms with Gasteiger partial charge in [-0.05, 0) is 43.3 Å². The molecular formula is C23H18N2O5. The normalized spacial score (nSPS) is 10.7. The number of benzene rings is 3. The Balaban J connectivity index is 1.67. The number of carbonyl (C=O) groups is 2. The van der Waals surface area contributed by atoms with E-state index in [4.69, 9.17) is 14.3 Å². The van der Waals surface area contributed by atoms with Gasteiger partial charge < -0.3 is 19.6 Å². The van der Waals surface area contributed by atoms with E-state index in [1.165, 1.54) is 0 Å². The Labute approximate surface area is 171 Å². The van der Waals surface area contributed by atoms with Gasteiger partial charge in [0.1, 0.15) is 11.3 Å². The summed E-state index contributed by atoms with van der Waals surface area (Å²) in [5.41, 5.74) is 3.72. The number of carboxylic acid groups (broad SMARTS) is 1. The number of nitrogens with zero attached hydrogens (tertiary/aromatic N) is 1. The molecule has 4 rings (SSSR count). The third-order valence-corrected chi connectivity index (χ3v) is 4.40. The maximum Gasteiger partial charge on any atom is 0.341 e. The van der Waals surface area contributed by atoms with Gasteiger partial charge in [-0.25, -0.2) is 9.78 Å². The highest BCUT2D eigenvalue weighted by Crippen LogP contribution is 2.34. The first kappa shape index (κ1) is 19.2. The number of fused-ring (bicyclic) bond motifs is 1. The van der Waals surface area contributed by atoms with Crippen LogP contribution in [0.5, 0.6) is 5.75 Å². The predicted molar refractivity (Wildman–Crippen MR) is 112 cm³/mol. The standard InChI is InChI=1S/C23H18N2O5/c1-14-5-4-6-15(11-14)22(28)24-16-9-10-17(20(12-16)29-13-21(26)27)23-25-18-7-2-3-8-19(18)30-23/h2-12H,13H2,1H3,(H,24,28)(H,26,27). The smallest absolute Gasteiger partial charge is 0.341 e. The Morgan fingerprint density at radius 1 is 1.07 bits per heavy atom. The lowest BCUT2D eigenvalue weighted by molar-refractivity contribution is -0.139. The van der Waals surface area contributed by atoms with Crippen LogP contribution in [0.3, 0.4) is 0 Å². The van der Waals surface area contributed by atoms with E-state index in [0.29, 0.717) is 33.8 Å². The largest absolute Gasteiger partial charge is 0.481 e. The molecule has 0 fully saturated rings. The molecule has 1 heterocycles. The number of hydrogen-bond acceptors (Lipinski definition) is 5. The Kier molecular flexibility index (Phi) is 5.17. The van der Waals surface area contributed by atoms with Crippen LogP contribution in [0.1, 0.15) is 15.9 Å². The number of rotatable bonds is 6. The maximum absolute atomic E-state index is 12.5. The summed E-state index contributed by atoms with van der Waals surface area (Å²) in [5.74, 6) is -0.857. The second kappa shape index (κ2) is 8.08. The highest BCUT2D eigenvalue weighted by atomic mass is 16.5. The van der Waals surface area contributed by atoms with Crippen LogP contribution in [0.15, 0.2) is 71.1 Å². The lowest BCUT2D eigenvalue weighted by Gasteiger charge is -2.11. The molecule has 0 radical (unpaired) electrons. The Morgan fingerprint density at radius 3 is 2.67 bits per heavy atom. The number of aryl methyl sites for hydroxylation is 1. The quantitative estimate of drug-likeness (QED) is 0.492. The van der Waals surface area contributed by atoms with E-state index in [1.807, 2.05) is 37.3 Å². The van der Waals surface area contributed by atoms with Gasteiger partial charge >= 0.3 is 5.97 Å². The van der Waals surface area contributed by atoms with Gasteiger partial charge in [-0.1, -0.05) is 29.8 Å². The minimum Gasteiger partial charge on any atom is -0.481 e. The van der Waals surface area contributed by atoms with Crippen LogP contribution in [0, 0.1) is 6.92 Å². The molecule has 0 bridgehead atoms. The van der Waals surface area contributed by atoms with Crippen molar-refractivity contribution in [2.45, 2.75) is 6.92 Å². The van der Waals surface area contributed by atoms with E-state index in [9.17, 15) is 9.59 Å². The molecular weight excluding hydrogens is 384 g/mol. The summed E-state index contributed by atoms with van der Waals surface area (Å²) in [6.07, 6.45) is 0. The fourth-order valence-corrected chi connectivity index (χ4v) is 3.01. The highest BCUT2D eigenvalue weighted by Gasteiger charge is 2.16. The second-order valence-corrected chi connectivity index (χ2v) is 6.70. The fourth-order valence-electron chi connectivity index (χ4n) is 3.01. The monoisotopic (exact) mass is 402 g/mol. The molecule has 0 aliphatic heterocycles. The van der Waals surface area contributed by atoms with Gasteiger partial charge in [0.25, 0.3) is 5.91 Å². The summed E-state index contributed by atoms with van der Waals surface area (Å²) in [5, 5.41) is 11.8. The van der Waals surface area contributed by atoms with Crippen molar-refractivity contribution < 1.29 is 23.8 Å². The number of anilines is 1.